The molecule has 3 rings (SSSR count). The Morgan fingerprint density at radius 2 is 1.85 bits per heavy atom. The van der Waals surface area contributed by atoms with Crippen LogP contribution in [0.2, 0.25) is 0 Å². The van der Waals surface area contributed by atoms with Crippen LogP contribution in [0.3, 0.4) is 0 Å². The SMILES string of the molecule is CNC(c1cnc(C)cn1)c1cncc2ccccc12. The van der Waals surface area contributed by atoms with Crippen LogP contribution in [0, 0.1) is 6.92 Å². The highest BCUT2D eigenvalue weighted by atomic mass is 14.9. The van der Waals surface area contributed by atoms with Gasteiger partial charge >= 0.3 is 0 Å². The fraction of sp³-hybridized carbons (Fsp3) is 0.188. The fourth-order valence-corrected chi connectivity index (χ4v) is 2.38. The highest BCUT2D eigenvalue weighted by Gasteiger charge is 2.16. The second kappa shape index (κ2) is 5.35. The van der Waals surface area contributed by atoms with Crippen molar-refractivity contribution in [1.82, 2.24) is 20.3 Å². The number of hydrogen-bond acceptors (Lipinski definition) is 4. The Bertz CT molecular complexity index is 717. The topological polar surface area (TPSA) is 50.7 Å². The molecule has 1 atom stereocenters. The van der Waals surface area contributed by atoms with E-state index in [1.165, 1.54) is 5.39 Å². The Morgan fingerprint density at radius 3 is 2.60 bits per heavy atom. The summed E-state index contributed by atoms with van der Waals surface area (Å²) in [5.74, 6) is 0. The summed E-state index contributed by atoms with van der Waals surface area (Å²) in [6, 6.07) is 8.23. The molecule has 0 saturated carbocycles. The number of nitrogens with one attached hydrogen (secondary N) is 1. The maximum atomic E-state index is 4.48. The quantitative estimate of drug-likeness (QED) is 0.790. The second-order valence-corrected chi connectivity index (χ2v) is 4.75. The van der Waals surface area contributed by atoms with Gasteiger partial charge in [-0.3, -0.25) is 15.0 Å². The van der Waals surface area contributed by atoms with Gasteiger partial charge in [0.05, 0.1) is 23.6 Å². The van der Waals surface area contributed by atoms with Crippen molar-refractivity contribution in [2.45, 2.75) is 13.0 Å². The third-order valence-electron chi connectivity index (χ3n) is 3.40. The zero-order valence-electron chi connectivity index (χ0n) is 11.5. The summed E-state index contributed by atoms with van der Waals surface area (Å²) < 4.78 is 0. The van der Waals surface area contributed by atoms with E-state index >= 15 is 0 Å². The van der Waals surface area contributed by atoms with Crippen LogP contribution < -0.4 is 5.32 Å². The van der Waals surface area contributed by atoms with E-state index in [9.17, 15) is 0 Å². The number of nitrogens with zero attached hydrogens (tertiary/aromatic N) is 3. The van der Waals surface area contributed by atoms with E-state index in [4.69, 9.17) is 0 Å². The summed E-state index contributed by atoms with van der Waals surface area (Å²) >= 11 is 0. The summed E-state index contributed by atoms with van der Waals surface area (Å²) in [6.07, 6.45) is 7.38. The highest BCUT2D eigenvalue weighted by Crippen LogP contribution is 2.26. The fourth-order valence-electron chi connectivity index (χ4n) is 2.38. The number of benzene rings is 1. The molecule has 1 aromatic carbocycles. The van der Waals surface area contributed by atoms with Gasteiger partial charge in [-0.25, -0.2) is 0 Å². The van der Waals surface area contributed by atoms with Crippen molar-refractivity contribution in [3.8, 4) is 0 Å². The Kier molecular flexibility index (Phi) is 3.39. The first-order valence-electron chi connectivity index (χ1n) is 6.58. The van der Waals surface area contributed by atoms with Crippen molar-refractivity contribution in [2.24, 2.45) is 0 Å². The molecule has 0 bridgehead atoms. The summed E-state index contributed by atoms with van der Waals surface area (Å²) in [5, 5.41) is 5.62. The minimum atomic E-state index is -0.0123. The Labute approximate surface area is 117 Å². The van der Waals surface area contributed by atoms with Crippen LogP contribution in [0.25, 0.3) is 10.8 Å². The molecule has 0 saturated heterocycles. The summed E-state index contributed by atoms with van der Waals surface area (Å²) in [4.78, 5) is 13.1. The van der Waals surface area contributed by atoms with Crippen molar-refractivity contribution < 1.29 is 0 Å². The van der Waals surface area contributed by atoms with Gasteiger partial charge in [0.15, 0.2) is 0 Å². The Balaban J connectivity index is 2.14. The van der Waals surface area contributed by atoms with Gasteiger partial charge in [0.1, 0.15) is 0 Å². The lowest BCUT2D eigenvalue weighted by atomic mass is 9.99. The molecule has 2 heterocycles. The summed E-state index contributed by atoms with van der Waals surface area (Å²) in [6.45, 7) is 1.94. The van der Waals surface area contributed by atoms with Crippen LogP contribution in [-0.4, -0.2) is 22.0 Å². The summed E-state index contributed by atoms with van der Waals surface area (Å²) in [5.41, 5.74) is 2.93. The van der Waals surface area contributed by atoms with E-state index in [1.807, 2.05) is 44.7 Å². The van der Waals surface area contributed by atoms with Crippen LogP contribution in [-0.2, 0) is 0 Å². The largest absolute Gasteiger partial charge is 0.308 e. The van der Waals surface area contributed by atoms with Gasteiger partial charge < -0.3 is 5.32 Å². The molecule has 0 aliphatic rings. The lowest BCUT2D eigenvalue weighted by Crippen LogP contribution is -2.19. The molecule has 4 nitrogen and oxygen atoms in total. The van der Waals surface area contributed by atoms with Crippen LogP contribution in [0.4, 0.5) is 0 Å². The monoisotopic (exact) mass is 264 g/mol. The first kappa shape index (κ1) is 12.7. The average Bonchev–Trinajstić information content (AvgIpc) is 2.50. The van der Waals surface area contributed by atoms with Gasteiger partial charge in [-0.15, -0.1) is 0 Å². The molecule has 0 fully saturated rings. The van der Waals surface area contributed by atoms with E-state index < -0.39 is 0 Å². The van der Waals surface area contributed by atoms with Crippen LogP contribution in [0.15, 0.2) is 49.1 Å². The van der Waals surface area contributed by atoms with Gasteiger partial charge in [-0.2, -0.15) is 0 Å². The minimum absolute atomic E-state index is 0.0123. The summed E-state index contributed by atoms with van der Waals surface area (Å²) in [7, 11) is 1.92. The molecule has 0 aliphatic heterocycles. The van der Waals surface area contributed by atoms with Crippen molar-refractivity contribution in [3.05, 3.63) is 66.0 Å². The Hall–Kier alpha value is -2.33. The van der Waals surface area contributed by atoms with Gasteiger partial charge in [0.2, 0.25) is 0 Å². The molecule has 20 heavy (non-hydrogen) atoms. The Morgan fingerprint density at radius 1 is 1.00 bits per heavy atom. The zero-order valence-corrected chi connectivity index (χ0v) is 11.5. The van der Waals surface area contributed by atoms with Crippen molar-refractivity contribution >= 4 is 10.8 Å². The van der Waals surface area contributed by atoms with Crippen molar-refractivity contribution in [2.75, 3.05) is 7.05 Å². The number of aryl methyl sites for hydroxylation is 1. The molecule has 3 aromatic rings. The third-order valence-corrected chi connectivity index (χ3v) is 3.40. The first-order chi connectivity index (χ1) is 9.79. The van der Waals surface area contributed by atoms with Gasteiger partial charge in [0.25, 0.3) is 0 Å². The highest BCUT2D eigenvalue weighted by molar-refractivity contribution is 5.85. The van der Waals surface area contributed by atoms with E-state index in [2.05, 4.69) is 32.4 Å². The lowest BCUT2D eigenvalue weighted by molar-refractivity contribution is 0.668. The van der Waals surface area contributed by atoms with Gasteiger partial charge in [-0.1, -0.05) is 24.3 Å². The number of aromatic nitrogens is 3. The van der Waals surface area contributed by atoms with E-state index in [-0.39, 0.29) is 6.04 Å². The van der Waals surface area contributed by atoms with Crippen LogP contribution >= 0.6 is 0 Å². The number of fused-ring (bicyclic) bond motifs is 1. The van der Waals surface area contributed by atoms with Crippen LogP contribution in [0.5, 0.6) is 0 Å². The number of hydrogen-bond donors (Lipinski definition) is 1. The molecule has 0 amide bonds. The number of rotatable bonds is 3. The molecule has 2 aromatic heterocycles. The predicted octanol–water partition coefficient (Wildman–Crippen LogP) is 2.64. The predicted molar refractivity (Wildman–Crippen MR) is 79.4 cm³/mol. The molecule has 0 radical (unpaired) electrons. The maximum Gasteiger partial charge on any atom is 0.0802 e. The molecule has 100 valence electrons. The smallest absolute Gasteiger partial charge is 0.0802 e. The lowest BCUT2D eigenvalue weighted by Gasteiger charge is -2.17. The van der Waals surface area contributed by atoms with E-state index in [0.29, 0.717) is 0 Å². The molecule has 0 aliphatic carbocycles. The van der Waals surface area contributed by atoms with Crippen LogP contribution in [0.1, 0.15) is 23.0 Å². The zero-order chi connectivity index (χ0) is 13.9. The average molecular weight is 264 g/mol. The second-order valence-electron chi connectivity index (χ2n) is 4.75. The number of pyridine rings is 1. The van der Waals surface area contributed by atoms with Crippen molar-refractivity contribution in [3.63, 3.8) is 0 Å². The third kappa shape index (κ3) is 2.26. The first-order valence-corrected chi connectivity index (χ1v) is 6.58. The molecule has 4 heteroatoms. The van der Waals surface area contributed by atoms with Gasteiger partial charge in [-0.05, 0) is 19.4 Å². The van der Waals surface area contributed by atoms with E-state index in [1.54, 1.807) is 6.20 Å². The molecular formula is C16H16N4. The molecular weight excluding hydrogens is 248 g/mol. The van der Waals surface area contributed by atoms with Crippen molar-refractivity contribution in [1.29, 1.82) is 0 Å². The standard InChI is InChI=1S/C16H16N4/c1-11-7-20-15(10-19-11)16(17-2)14-9-18-8-12-5-3-4-6-13(12)14/h3-10,16-17H,1-2H3. The maximum absolute atomic E-state index is 4.48. The van der Waals surface area contributed by atoms with E-state index in [0.717, 1.165) is 22.3 Å². The minimum Gasteiger partial charge on any atom is -0.308 e. The van der Waals surface area contributed by atoms with Gasteiger partial charge in [0, 0.05) is 29.5 Å². The molecule has 0 spiro atoms. The normalized spacial score (nSPS) is 12.5. The molecule has 1 N–H and O–H groups in total. The molecule has 1 unspecified atom stereocenters.